The molecule has 0 aromatic rings. The first kappa shape index (κ1) is 10.0. The topological polar surface area (TPSA) is 37.3 Å². The van der Waals surface area contributed by atoms with Crippen LogP contribution < -0.4 is 0 Å². The molecule has 2 heteroatoms. The summed E-state index contributed by atoms with van der Waals surface area (Å²) in [6.45, 7) is 4.66. The van der Waals surface area contributed by atoms with Gasteiger partial charge in [0.15, 0.2) is 0 Å². The molecule has 0 spiro atoms. The Hall–Kier alpha value is -0.530. The highest BCUT2D eigenvalue weighted by Gasteiger charge is 2.44. The van der Waals surface area contributed by atoms with E-state index >= 15 is 0 Å². The van der Waals surface area contributed by atoms with Crippen molar-refractivity contribution < 1.29 is 9.90 Å². The SMILES string of the molecule is CC1C2CCC(C(CC(=O)O)C2)C1C. The fourth-order valence-corrected chi connectivity index (χ4v) is 3.77. The molecule has 0 aromatic heterocycles. The molecule has 80 valence electrons. The van der Waals surface area contributed by atoms with Gasteiger partial charge in [0.05, 0.1) is 0 Å². The third kappa shape index (κ3) is 1.55. The second kappa shape index (κ2) is 3.56. The summed E-state index contributed by atoms with van der Waals surface area (Å²) in [5.74, 6) is 2.91. The quantitative estimate of drug-likeness (QED) is 0.737. The lowest BCUT2D eigenvalue weighted by molar-refractivity contribution is -0.140. The van der Waals surface area contributed by atoms with Gasteiger partial charge in [0.2, 0.25) is 0 Å². The maximum Gasteiger partial charge on any atom is 0.303 e. The van der Waals surface area contributed by atoms with E-state index < -0.39 is 5.97 Å². The molecule has 3 rings (SSSR count). The predicted octanol–water partition coefficient (Wildman–Crippen LogP) is 2.78. The van der Waals surface area contributed by atoms with Crippen molar-refractivity contribution in [3.05, 3.63) is 0 Å². The molecular formula is C12H20O2. The normalized spacial score (nSPS) is 46.6. The minimum absolute atomic E-state index is 0.401. The summed E-state index contributed by atoms with van der Waals surface area (Å²) in [7, 11) is 0. The summed E-state index contributed by atoms with van der Waals surface area (Å²) in [6, 6.07) is 0. The summed E-state index contributed by atoms with van der Waals surface area (Å²) in [5.41, 5.74) is 0. The third-order valence-corrected chi connectivity index (χ3v) is 4.77. The second-order valence-electron chi connectivity index (χ2n) is 5.31. The van der Waals surface area contributed by atoms with E-state index in [1.54, 1.807) is 0 Å². The lowest BCUT2D eigenvalue weighted by Crippen LogP contribution is -2.43. The largest absolute Gasteiger partial charge is 0.481 e. The highest BCUT2D eigenvalue weighted by Crippen LogP contribution is 2.52. The van der Waals surface area contributed by atoms with Crippen LogP contribution in [0.1, 0.15) is 39.5 Å². The van der Waals surface area contributed by atoms with E-state index in [1.807, 2.05) is 0 Å². The Labute approximate surface area is 85.7 Å². The van der Waals surface area contributed by atoms with Crippen molar-refractivity contribution in [2.75, 3.05) is 0 Å². The number of carboxylic acids is 1. The molecule has 0 aromatic carbocycles. The molecule has 0 aliphatic heterocycles. The smallest absolute Gasteiger partial charge is 0.303 e. The minimum atomic E-state index is -0.609. The van der Waals surface area contributed by atoms with Gasteiger partial charge in [-0.25, -0.2) is 0 Å². The minimum Gasteiger partial charge on any atom is -0.481 e. The lowest BCUT2D eigenvalue weighted by atomic mass is 9.55. The Morgan fingerprint density at radius 3 is 2.57 bits per heavy atom. The summed E-state index contributed by atoms with van der Waals surface area (Å²) in [6.07, 6.45) is 4.18. The van der Waals surface area contributed by atoms with E-state index in [9.17, 15) is 4.79 Å². The van der Waals surface area contributed by atoms with Gasteiger partial charge in [-0.2, -0.15) is 0 Å². The van der Waals surface area contributed by atoms with Crippen LogP contribution in [0.2, 0.25) is 0 Å². The van der Waals surface area contributed by atoms with Gasteiger partial charge in [0, 0.05) is 6.42 Å². The number of carbonyl (C=O) groups is 1. The first-order valence-electron chi connectivity index (χ1n) is 5.81. The molecule has 3 aliphatic rings. The highest BCUT2D eigenvalue weighted by atomic mass is 16.4. The summed E-state index contributed by atoms with van der Waals surface area (Å²) in [5, 5.41) is 8.85. The van der Waals surface area contributed by atoms with Gasteiger partial charge in [0.1, 0.15) is 0 Å². The molecule has 14 heavy (non-hydrogen) atoms. The van der Waals surface area contributed by atoms with E-state index in [4.69, 9.17) is 5.11 Å². The molecular weight excluding hydrogens is 176 g/mol. The lowest BCUT2D eigenvalue weighted by Gasteiger charge is -2.50. The van der Waals surface area contributed by atoms with E-state index in [0.717, 1.165) is 17.8 Å². The van der Waals surface area contributed by atoms with Crippen molar-refractivity contribution in [2.24, 2.45) is 29.6 Å². The van der Waals surface area contributed by atoms with Crippen LogP contribution in [0.25, 0.3) is 0 Å². The zero-order chi connectivity index (χ0) is 10.3. The average Bonchev–Trinajstić information content (AvgIpc) is 2.12. The molecule has 1 N–H and O–H groups in total. The molecule has 2 bridgehead atoms. The van der Waals surface area contributed by atoms with Crippen LogP contribution in [0.15, 0.2) is 0 Å². The van der Waals surface area contributed by atoms with E-state index in [0.29, 0.717) is 18.3 Å². The number of hydrogen-bond acceptors (Lipinski definition) is 1. The van der Waals surface area contributed by atoms with Crippen LogP contribution >= 0.6 is 0 Å². The van der Waals surface area contributed by atoms with Crippen LogP contribution in [0.4, 0.5) is 0 Å². The van der Waals surface area contributed by atoms with Crippen molar-refractivity contribution in [2.45, 2.75) is 39.5 Å². The van der Waals surface area contributed by atoms with Crippen molar-refractivity contribution in [1.29, 1.82) is 0 Å². The zero-order valence-corrected chi connectivity index (χ0v) is 9.07. The van der Waals surface area contributed by atoms with Crippen LogP contribution in [0, 0.1) is 29.6 Å². The Morgan fingerprint density at radius 1 is 1.29 bits per heavy atom. The molecule has 3 saturated carbocycles. The number of fused-ring (bicyclic) bond motifs is 3. The molecule has 5 atom stereocenters. The summed E-state index contributed by atoms with van der Waals surface area (Å²) in [4.78, 5) is 10.7. The molecule has 0 amide bonds. The van der Waals surface area contributed by atoms with Crippen LogP contribution in [-0.2, 0) is 4.79 Å². The summed E-state index contributed by atoms with van der Waals surface area (Å²) >= 11 is 0. The highest BCUT2D eigenvalue weighted by molar-refractivity contribution is 5.67. The van der Waals surface area contributed by atoms with Crippen molar-refractivity contribution >= 4 is 5.97 Å². The van der Waals surface area contributed by atoms with Crippen LogP contribution in [0.5, 0.6) is 0 Å². The van der Waals surface area contributed by atoms with Crippen molar-refractivity contribution in [3.63, 3.8) is 0 Å². The second-order valence-corrected chi connectivity index (χ2v) is 5.31. The number of rotatable bonds is 2. The Bertz CT molecular complexity index is 234. The average molecular weight is 196 g/mol. The number of aliphatic carboxylic acids is 1. The first-order valence-corrected chi connectivity index (χ1v) is 5.81. The molecule has 3 aliphatic carbocycles. The first-order chi connectivity index (χ1) is 6.59. The van der Waals surface area contributed by atoms with Crippen LogP contribution in [0.3, 0.4) is 0 Å². The Balaban J connectivity index is 2.07. The van der Waals surface area contributed by atoms with Crippen molar-refractivity contribution in [1.82, 2.24) is 0 Å². The van der Waals surface area contributed by atoms with Gasteiger partial charge in [-0.05, 0) is 48.9 Å². The van der Waals surface area contributed by atoms with Gasteiger partial charge in [-0.15, -0.1) is 0 Å². The van der Waals surface area contributed by atoms with Crippen molar-refractivity contribution in [3.8, 4) is 0 Å². The third-order valence-electron chi connectivity index (χ3n) is 4.77. The number of carboxylic acid groups (broad SMARTS) is 1. The van der Waals surface area contributed by atoms with Crippen LogP contribution in [-0.4, -0.2) is 11.1 Å². The molecule has 0 heterocycles. The van der Waals surface area contributed by atoms with E-state index in [-0.39, 0.29) is 0 Å². The summed E-state index contributed by atoms with van der Waals surface area (Å²) < 4.78 is 0. The standard InChI is InChI=1S/C12H20O2/c1-7-8(2)11-4-3-9(7)5-10(11)6-12(13)14/h7-11H,3-6H2,1-2H3,(H,13,14). The van der Waals surface area contributed by atoms with Gasteiger partial charge >= 0.3 is 5.97 Å². The Morgan fingerprint density at radius 2 is 2.00 bits per heavy atom. The van der Waals surface area contributed by atoms with E-state index in [2.05, 4.69) is 13.8 Å². The van der Waals surface area contributed by atoms with Gasteiger partial charge in [-0.1, -0.05) is 13.8 Å². The molecule has 0 saturated heterocycles. The predicted molar refractivity (Wildman–Crippen MR) is 54.9 cm³/mol. The molecule has 3 fully saturated rings. The van der Waals surface area contributed by atoms with Gasteiger partial charge in [-0.3, -0.25) is 4.79 Å². The maximum atomic E-state index is 10.7. The Kier molecular flexibility index (Phi) is 2.54. The van der Waals surface area contributed by atoms with Gasteiger partial charge < -0.3 is 5.11 Å². The molecule has 5 unspecified atom stereocenters. The monoisotopic (exact) mass is 196 g/mol. The van der Waals surface area contributed by atoms with E-state index in [1.165, 1.54) is 19.3 Å². The molecule has 0 radical (unpaired) electrons. The fourth-order valence-electron chi connectivity index (χ4n) is 3.77. The number of hydrogen-bond donors (Lipinski definition) is 1. The van der Waals surface area contributed by atoms with Gasteiger partial charge in [0.25, 0.3) is 0 Å². The molecule has 2 nitrogen and oxygen atoms in total. The fraction of sp³-hybridized carbons (Fsp3) is 0.917. The maximum absolute atomic E-state index is 10.7. The zero-order valence-electron chi connectivity index (χ0n) is 9.07.